The van der Waals surface area contributed by atoms with Gasteiger partial charge >= 0.3 is 9.24 Å². The summed E-state index contributed by atoms with van der Waals surface area (Å²) in [6.45, 7) is 2.14. The summed E-state index contributed by atoms with van der Waals surface area (Å²) in [5.74, 6) is 0. The van der Waals surface area contributed by atoms with Crippen molar-refractivity contribution in [2.45, 2.75) is 12.8 Å². The molecule has 0 radical (unpaired) electrons. The lowest BCUT2D eigenvalue weighted by atomic mass is 10.2. The fourth-order valence-electron chi connectivity index (χ4n) is 1.86. The Balaban J connectivity index is 2.10. The highest BCUT2D eigenvalue weighted by atomic mass is 35.7. The van der Waals surface area contributed by atoms with Gasteiger partial charge in [-0.25, -0.2) is 0 Å². The average Bonchev–Trinajstić information content (AvgIpc) is 2.69. The van der Waals surface area contributed by atoms with Gasteiger partial charge < -0.3 is 4.90 Å². The molecule has 16 heavy (non-hydrogen) atoms. The topological polar surface area (TPSA) is 49.4 Å². The van der Waals surface area contributed by atoms with E-state index in [2.05, 4.69) is 9.62 Å². The second-order valence-corrected chi connectivity index (χ2v) is 6.08. The van der Waals surface area contributed by atoms with Gasteiger partial charge in [-0.1, -0.05) is 0 Å². The van der Waals surface area contributed by atoms with Crippen molar-refractivity contribution in [2.75, 3.05) is 22.7 Å². The molecule has 1 aromatic rings. The molecule has 1 saturated heterocycles. The van der Waals surface area contributed by atoms with Gasteiger partial charge in [0.2, 0.25) is 0 Å². The minimum Gasteiger partial charge on any atom is -0.372 e. The van der Waals surface area contributed by atoms with Crippen molar-refractivity contribution in [1.29, 1.82) is 0 Å². The molecule has 1 fully saturated rings. The third-order valence-corrected chi connectivity index (χ3v) is 3.29. The zero-order valence-electron chi connectivity index (χ0n) is 8.69. The third kappa shape index (κ3) is 3.02. The largest absolute Gasteiger partial charge is 0.372 e. The summed E-state index contributed by atoms with van der Waals surface area (Å²) in [7, 11) is 1.38. The SMILES string of the molecule is O=S(=O)(Cl)Nc1ccc(N2CCCC2)cc1. The van der Waals surface area contributed by atoms with Gasteiger partial charge in [-0.3, -0.25) is 4.72 Å². The molecule has 2 rings (SSSR count). The maximum absolute atomic E-state index is 10.8. The molecule has 0 aliphatic carbocycles. The Morgan fingerprint density at radius 1 is 1.12 bits per heavy atom. The molecule has 1 aliphatic heterocycles. The predicted octanol–water partition coefficient (Wildman–Crippen LogP) is 2.18. The Kier molecular flexibility index (Phi) is 3.25. The predicted molar refractivity (Wildman–Crippen MR) is 66.3 cm³/mol. The molecular weight excluding hydrogens is 248 g/mol. The van der Waals surface area contributed by atoms with E-state index in [0.29, 0.717) is 5.69 Å². The molecule has 0 bridgehead atoms. The first-order chi connectivity index (χ1) is 7.54. The highest BCUT2D eigenvalue weighted by molar-refractivity contribution is 8.14. The van der Waals surface area contributed by atoms with E-state index >= 15 is 0 Å². The number of nitrogens with zero attached hydrogens (tertiary/aromatic N) is 1. The molecule has 0 unspecified atom stereocenters. The van der Waals surface area contributed by atoms with E-state index in [-0.39, 0.29) is 0 Å². The van der Waals surface area contributed by atoms with Gasteiger partial charge in [0.05, 0.1) is 0 Å². The fourth-order valence-corrected chi connectivity index (χ4v) is 2.54. The molecule has 4 nitrogen and oxygen atoms in total. The van der Waals surface area contributed by atoms with Crippen molar-refractivity contribution >= 4 is 31.3 Å². The molecule has 88 valence electrons. The van der Waals surface area contributed by atoms with E-state index in [4.69, 9.17) is 10.7 Å². The van der Waals surface area contributed by atoms with Crippen molar-refractivity contribution < 1.29 is 8.42 Å². The van der Waals surface area contributed by atoms with Gasteiger partial charge in [0.25, 0.3) is 0 Å². The van der Waals surface area contributed by atoms with Crippen LogP contribution in [0, 0.1) is 0 Å². The van der Waals surface area contributed by atoms with Crippen molar-refractivity contribution in [1.82, 2.24) is 0 Å². The van der Waals surface area contributed by atoms with Crippen molar-refractivity contribution in [3.05, 3.63) is 24.3 Å². The number of nitrogens with one attached hydrogen (secondary N) is 1. The van der Waals surface area contributed by atoms with Crippen LogP contribution in [0.1, 0.15) is 12.8 Å². The van der Waals surface area contributed by atoms with E-state index in [1.807, 2.05) is 12.1 Å². The standard InChI is InChI=1S/C10H13ClN2O2S/c11-16(14,15)12-9-3-5-10(6-4-9)13-7-1-2-8-13/h3-6,12H,1-2,7-8H2. The number of halogens is 1. The average molecular weight is 261 g/mol. The highest BCUT2D eigenvalue weighted by Crippen LogP contribution is 2.22. The summed E-state index contributed by atoms with van der Waals surface area (Å²) in [6, 6.07) is 7.23. The summed E-state index contributed by atoms with van der Waals surface area (Å²) in [4.78, 5) is 2.28. The van der Waals surface area contributed by atoms with Crippen LogP contribution in [0.2, 0.25) is 0 Å². The van der Waals surface area contributed by atoms with Crippen LogP contribution in [0.4, 0.5) is 11.4 Å². The minimum absolute atomic E-state index is 0.484. The van der Waals surface area contributed by atoms with Crippen molar-refractivity contribution in [2.24, 2.45) is 0 Å². The summed E-state index contributed by atoms with van der Waals surface area (Å²) >= 11 is 0. The quantitative estimate of drug-likeness (QED) is 0.848. The first kappa shape index (κ1) is 11.5. The van der Waals surface area contributed by atoms with Crippen LogP contribution < -0.4 is 9.62 Å². The normalized spacial score (nSPS) is 16.4. The maximum Gasteiger partial charge on any atom is 0.319 e. The van der Waals surface area contributed by atoms with Crippen LogP contribution in [0.3, 0.4) is 0 Å². The van der Waals surface area contributed by atoms with Gasteiger partial charge in [-0.15, -0.1) is 0 Å². The second-order valence-electron chi connectivity index (χ2n) is 3.78. The van der Waals surface area contributed by atoms with Crippen LogP contribution in [-0.2, 0) is 9.24 Å². The highest BCUT2D eigenvalue weighted by Gasteiger charge is 2.12. The zero-order valence-corrected chi connectivity index (χ0v) is 10.3. The van der Waals surface area contributed by atoms with Gasteiger partial charge in [-0.05, 0) is 37.1 Å². The second kappa shape index (κ2) is 4.51. The molecule has 1 aromatic carbocycles. The molecule has 0 atom stereocenters. The monoisotopic (exact) mass is 260 g/mol. The van der Waals surface area contributed by atoms with E-state index < -0.39 is 9.24 Å². The Bertz CT molecular complexity index is 452. The van der Waals surface area contributed by atoms with Crippen molar-refractivity contribution in [3.8, 4) is 0 Å². The lowest BCUT2D eigenvalue weighted by Gasteiger charge is -2.17. The first-order valence-electron chi connectivity index (χ1n) is 5.12. The lowest BCUT2D eigenvalue weighted by molar-refractivity contribution is 0.614. The van der Waals surface area contributed by atoms with E-state index in [1.165, 1.54) is 12.8 Å². The lowest BCUT2D eigenvalue weighted by Crippen LogP contribution is -2.17. The number of hydrogen-bond acceptors (Lipinski definition) is 3. The van der Waals surface area contributed by atoms with Gasteiger partial charge in [0.15, 0.2) is 0 Å². The van der Waals surface area contributed by atoms with Gasteiger partial charge in [0, 0.05) is 35.1 Å². The van der Waals surface area contributed by atoms with Crippen LogP contribution >= 0.6 is 10.7 Å². The molecule has 0 amide bonds. The van der Waals surface area contributed by atoms with Crippen LogP contribution in [-0.4, -0.2) is 21.5 Å². The van der Waals surface area contributed by atoms with Gasteiger partial charge in [0.1, 0.15) is 0 Å². The molecular formula is C10H13ClN2O2S. The molecule has 0 spiro atoms. The zero-order chi connectivity index (χ0) is 11.6. The molecule has 0 aromatic heterocycles. The summed E-state index contributed by atoms with van der Waals surface area (Å²) in [5.41, 5.74) is 1.60. The number of hydrogen-bond donors (Lipinski definition) is 1. The fraction of sp³-hybridized carbons (Fsp3) is 0.400. The molecule has 6 heteroatoms. The maximum atomic E-state index is 10.8. The van der Waals surface area contributed by atoms with E-state index in [0.717, 1.165) is 18.8 Å². The van der Waals surface area contributed by atoms with Gasteiger partial charge in [-0.2, -0.15) is 8.42 Å². The molecule has 1 heterocycles. The van der Waals surface area contributed by atoms with E-state index in [9.17, 15) is 8.42 Å². The van der Waals surface area contributed by atoms with Crippen LogP contribution in [0.5, 0.6) is 0 Å². The van der Waals surface area contributed by atoms with Crippen molar-refractivity contribution in [3.63, 3.8) is 0 Å². The van der Waals surface area contributed by atoms with Crippen LogP contribution in [0.15, 0.2) is 24.3 Å². The Labute approximate surface area is 99.8 Å². The number of rotatable bonds is 3. The summed E-state index contributed by atoms with van der Waals surface area (Å²) in [6.07, 6.45) is 2.44. The first-order valence-corrected chi connectivity index (χ1v) is 7.43. The Morgan fingerprint density at radius 2 is 1.69 bits per heavy atom. The Hall–Kier alpha value is -0.940. The summed E-state index contributed by atoms with van der Waals surface area (Å²) < 4.78 is 23.8. The molecule has 0 saturated carbocycles. The van der Waals surface area contributed by atoms with Crippen LogP contribution in [0.25, 0.3) is 0 Å². The number of anilines is 2. The smallest absolute Gasteiger partial charge is 0.319 e. The molecule has 1 N–H and O–H groups in total. The number of benzene rings is 1. The van der Waals surface area contributed by atoms with E-state index in [1.54, 1.807) is 12.1 Å². The molecule has 1 aliphatic rings. The Morgan fingerprint density at radius 3 is 2.19 bits per heavy atom. The minimum atomic E-state index is -3.70. The summed E-state index contributed by atoms with van der Waals surface area (Å²) in [5, 5.41) is 0. The third-order valence-electron chi connectivity index (χ3n) is 2.58.